The second-order valence-corrected chi connectivity index (χ2v) is 8.77. The Morgan fingerprint density at radius 2 is 1.93 bits per heavy atom. The maximum atomic E-state index is 11.6. The van der Waals surface area contributed by atoms with E-state index in [2.05, 4.69) is 17.0 Å². The number of ether oxygens (including phenoxy) is 2. The summed E-state index contributed by atoms with van der Waals surface area (Å²) >= 11 is 0. The zero-order chi connectivity index (χ0) is 21.2. The SMILES string of the molecule is CN(Cc1ccc(OCCCN2CCCC2=O)cc1)C[C@H](O)COC1CCCCC1. The van der Waals surface area contributed by atoms with Gasteiger partial charge in [0.1, 0.15) is 5.75 Å². The Bertz CT molecular complexity index is 631. The van der Waals surface area contributed by atoms with Crippen molar-refractivity contribution in [1.82, 2.24) is 9.80 Å². The van der Waals surface area contributed by atoms with Gasteiger partial charge in [0.15, 0.2) is 0 Å². The summed E-state index contributed by atoms with van der Waals surface area (Å²) in [7, 11) is 2.02. The first kappa shape index (κ1) is 23.0. The molecule has 3 rings (SSSR count). The fourth-order valence-corrected chi connectivity index (χ4v) is 4.34. The molecule has 30 heavy (non-hydrogen) atoms. The fourth-order valence-electron chi connectivity index (χ4n) is 4.34. The van der Waals surface area contributed by atoms with Crippen LogP contribution in [0.2, 0.25) is 0 Å². The average molecular weight is 419 g/mol. The summed E-state index contributed by atoms with van der Waals surface area (Å²) in [5.74, 6) is 1.13. The second-order valence-electron chi connectivity index (χ2n) is 8.77. The van der Waals surface area contributed by atoms with Crippen LogP contribution in [0.1, 0.15) is 56.9 Å². The summed E-state index contributed by atoms with van der Waals surface area (Å²) in [5.41, 5.74) is 1.19. The van der Waals surface area contributed by atoms with Crippen molar-refractivity contribution in [3.8, 4) is 5.75 Å². The van der Waals surface area contributed by atoms with E-state index < -0.39 is 6.10 Å². The fraction of sp³-hybridized carbons (Fsp3) is 0.708. The summed E-state index contributed by atoms with van der Waals surface area (Å²) in [5, 5.41) is 10.3. The van der Waals surface area contributed by atoms with E-state index in [0.717, 1.165) is 51.1 Å². The van der Waals surface area contributed by atoms with Crippen LogP contribution in [0.25, 0.3) is 0 Å². The highest BCUT2D eigenvalue weighted by atomic mass is 16.5. The molecular formula is C24H38N2O4. The predicted molar refractivity (Wildman–Crippen MR) is 118 cm³/mol. The van der Waals surface area contributed by atoms with Gasteiger partial charge in [0.2, 0.25) is 5.91 Å². The molecule has 1 aliphatic heterocycles. The molecule has 1 atom stereocenters. The lowest BCUT2D eigenvalue weighted by atomic mass is 9.98. The van der Waals surface area contributed by atoms with Crippen LogP contribution in [-0.4, -0.2) is 72.9 Å². The molecule has 1 N–H and O–H groups in total. The maximum Gasteiger partial charge on any atom is 0.222 e. The van der Waals surface area contributed by atoms with Crippen LogP contribution >= 0.6 is 0 Å². The van der Waals surface area contributed by atoms with E-state index >= 15 is 0 Å². The van der Waals surface area contributed by atoms with E-state index in [1.807, 2.05) is 24.1 Å². The minimum atomic E-state index is -0.456. The molecule has 0 bridgehead atoms. The van der Waals surface area contributed by atoms with Crippen molar-refractivity contribution in [1.29, 1.82) is 0 Å². The summed E-state index contributed by atoms with van der Waals surface area (Å²) in [6.07, 6.45) is 8.49. The number of amides is 1. The Labute approximate surface area is 181 Å². The van der Waals surface area contributed by atoms with E-state index in [0.29, 0.717) is 32.3 Å². The number of carbonyl (C=O) groups is 1. The van der Waals surface area contributed by atoms with Crippen molar-refractivity contribution in [3.63, 3.8) is 0 Å². The van der Waals surface area contributed by atoms with Crippen molar-refractivity contribution < 1.29 is 19.4 Å². The van der Waals surface area contributed by atoms with Gasteiger partial charge in [0, 0.05) is 32.6 Å². The highest BCUT2D eigenvalue weighted by Gasteiger charge is 2.19. The first-order chi connectivity index (χ1) is 14.6. The topological polar surface area (TPSA) is 62.2 Å². The molecule has 1 saturated carbocycles. The molecule has 0 spiro atoms. The van der Waals surface area contributed by atoms with Crippen LogP contribution in [0.4, 0.5) is 0 Å². The van der Waals surface area contributed by atoms with Gasteiger partial charge in [-0.1, -0.05) is 31.4 Å². The molecule has 6 nitrogen and oxygen atoms in total. The molecule has 0 unspecified atom stereocenters. The molecule has 1 aromatic carbocycles. The number of aliphatic hydroxyl groups is 1. The lowest BCUT2D eigenvalue weighted by Crippen LogP contribution is -2.33. The van der Waals surface area contributed by atoms with Gasteiger partial charge in [-0.2, -0.15) is 0 Å². The number of hydrogen-bond donors (Lipinski definition) is 1. The minimum Gasteiger partial charge on any atom is -0.494 e. The standard InChI is InChI=1S/C24H38N2O4/c1-25(18-21(27)19-30-22-7-3-2-4-8-22)17-20-10-12-23(13-11-20)29-16-6-15-26-14-5-9-24(26)28/h10-13,21-22,27H,2-9,14-19H2,1H3/t21-/m0/s1. The summed E-state index contributed by atoms with van der Waals surface area (Å²) in [6, 6.07) is 8.13. The van der Waals surface area contributed by atoms with Crippen molar-refractivity contribution in [2.45, 2.75) is 70.1 Å². The van der Waals surface area contributed by atoms with Gasteiger partial charge in [-0.05, 0) is 50.4 Å². The summed E-state index contributed by atoms with van der Waals surface area (Å²) < 4.78 is 11.7. The number of nitrogens with zero attached hydrogens (tertiary/aromatic N) is 2. The van der Waals surface area contributed by atoms with Crippen molar-refractivity contribution in [2.75, 3.05) is 39.9 Å². The summed E-state index contributed by atoms with van der Waals surface area (Å²) in [4.78, 5) is 15.6. The van der Waals surface area contributed by atoms with Gasteiger partial charge in [-0.15, -0.1) is 0 Å². The number of likely N-dealkylation sites (N-methyl/N-ethyl adjacent to an activating group) is 1. The Morgan fingerprint density at radius 1 is 1.17 bits per heavy atom. The largest absolute Gasteiger partial charge is 0.494 e. The average Bonchev–Trinajstić information content (AvgIpc) is 3.16. The maximum absolute atomic E-state index is 11.6. The molecule has 0 aromatic heterocycles. The van der Waals surface area contributed by atoms with Gasteiger partial charge in [-0.3, -0.25) is 9.69 Å². The Balaban J connectivity index is 1.29. The van der Waals surface area contributed by atoms with Crippen LogP contribution in [0.15, 0.2) is 24.3 Å². The molecule has 1 aromatic rings. The second kappa shape index (κ2) is 12.3. The van der Waals surface area contributed by atoms with Crippen LogP contribution in [0.5, 0.6) is 5.75 Å². The van der Waals surface area contributed by atoms with E-state index in [1.54, 1.807) is 0 Å². The first-order valence-corrected chi connectivity index (χ1v) is 11.6. The zero-order valence-electron chi connectivity index (χ0n) is 18.4. The van der Waals surface area contributed by atoms with Gasteiger partial charge in [-0.25, -0.2) is 0 Å². The third-order valence-corrected chi connectivity index (χ3v) is 5.99. The minimum absolute atomic E-state index is 0.272. The van der Waals surface area contributed by atoms with Crippen molar-refractivity contribution in [2.24, 2.45) is 0 Å². The molecule has 1 amide bonds. The van der Waals surface area contributed by atoms with E-state index in [4.69, 9.17) is 9.47 Å². The third kappa shape index (κ3) is 7.89. The first-order valence-electron chi connectivity index (χ1n) is 11.6. The van der Waals surface area contributed by atoms with Gasteiger partial charge in [0.05, 0.1) is 25.4 Å². The smallest absolute Gasteiger partial charge is 0.222 e. The van der Waals surface area contributed by atoms with Crippen molar-refractivity contribution >= 4 is 5.91 Å². The summed E-state index contributed by atoms with van der Waals surface area (Å²) in [6.45, 7) is 4.09. The number of hydrogen-bond acceptors (Lipinski definition) is 5. The third-order valence-electron chi connectivity index (χ3n) is 5.99. The van der Waals surface area contributed by atoms with Gasteiger partial charge < -0.3 is 19.5 Å². The number of likely N-dealkylation sites (tertiary alicyclic amines) is 1. The molecule has 1 heterocycles. The Hall–Kier alpha value is -1.63. The van der Waals surface area contributed by atoms with Crippen LogP contribution < -0.4 is 4.74 Å². The molecule has 6 heteroatoms. The van der Waals surface area contributed by atoms with Gasteiger partial charge in [0.25, 0.3) is 0 Å². The highest BCUT2D eigenvalue weighted by Crippen LogP contribution is 2.20. The monoisotopic (exact) mass is 418 g/mol. The molecule has 168 valence electrons. The molecule has 1 saturated heterocycles. The number of aliphatic hydroxyl groups excluding tert-OH is 1. The number of benzene rings is 1. The molecule has 0 radical (unpaired) electrons. The molecule has 2 fully saturated rings. The van der Waals surface area contributed by atoms with E-state index in [1.165, 1.54) is 24.8 Å². The Kier molecular flexibility index (Phi) is 9.43. The van der Waals surface area contributed by atoms with E-state index in [-0.39, 0.29) is 5.91 Å². The zero-order valence-corrected chi connectivity index (χ0v) is 18.4. The highest BCUT2D eigenvalue weighted by molar-refractivity contribution is 5.77. The number of rotatable bonds is 12. The van der Waals surface area contributed by atoms with E-state index in [9.17, 15) is 9.90 Å². The molecule has 1 aliphatic carbocycles. The quantitative estimate of drug-likeness (QED) is 0.528. The lowest BCUT2D eigenvalue weighted by Gasteiger charge is -2.25. The predicted octanol–water partition coefficient (Wildman–Crippen LogP) is 3.22. The molecular weight excluding hydrogens is 380 g/mol. The van der Waals surface area contributed by atoms with Crippen molar-refractivity contribution in [3.05, 3.63) is 29.8 Å². The van der Waals surface area contributed by atoms with Gasteiger partial charge >= 0.3 is 0 Å². The van der Waals surface area contributed by atoms with Crippen LogP contribution in [0.3, 0.4) is 0 Å². The molecule has 2 aliphatic rings. The van der Waals surface area contributed by atoms with Crippen LogP contribution in [-0.2, 0) is 16.1 Å². The number of carbonyl (C=O) groups excluding carboxylic acids is 1. The lowest BCUT2D eigenvalue weighted by molar-refractivity contribution is -0.127. The van der Waals surface area contributed by atoms with Crippen LogP contribution in [0, 0.1) is 0 Å². The Morgan fingerprint density at radius 3 is 2.63 bits per heavy atom. The normalized spacial score (nSPS) is 18.9.